The summed E-state index contributed by atoms with van der Waals surface area (Å²) in [4.78, 5) is 11.3. The molecule has 0 aliphatic heterocycles. The van der Waals surface area contributed by atoms with Crippen LogP contribution in [0.4, 0.5) is 4.39 Å². The van der Waals surface area contributed by atoms with Gasteiger partial charge in [-0.3, -0.25) is 0 Å². The maximum absolute atomic E-state index is 13.5. The molecule has 0 unspecified atom stereocenters. The molecule has 0 saturated heterocycles. The first-order valence-corrected chi connectivity index (χ1v) is 5.13. The molecule has 0 aromatic heterocycles. The minimum absolute atomic E-state index is 0.0183. The van der Waals surface area contributed by atoms with Crippen molar-refractivity contribution in [1.82, 2.24) is 0 Å². The molecule has 0 N–H and O–H groups in total. The van der Waals surface area contributed by atoms with Crippen LogP contribution in [0.3, 0.4) is 0 Å². The number of alkyl halides is 1. The number of nitrogens with zero attached hydrogens (tertiary/aromatic N) is 1. The lowest BCUT2D eigenvalue weighted by Crippen LogP contribution is -2.07. The van der Waals surface area contributed by atoms with Crippen molar-refractivity contribution < 1.29 is 13.9 Å². The Labute approximate surface area is 97.4 Å². The van der Waals surface area contributed by atoms with E-state index in [2.05, 4.69) is 0 Å². The van der Waals surface area contributed by atoms with E-state index >= 15 is 0 Å². The van der Waals surface area contributed by atoms with Crippen LogP contribution in [0.5, 0.6) is 0 Å². The average molecular weight is 242 g/mol. The second kappa shape index (κ2) is 5.47. The van der Waals surface area contributed by atoms with E-state index in [1.165, 1.54) is 6.07 Å². The number of esters is 1. The molecule has 1 rings (SSSR count). The molecule has 0 aliphatic rings. The highest BCUT2D eigenvalue weighted by Gasteiger charge is 2.14. The van der Waals surface area contributed by atoms with Gasteiger partial charge in [-0.25, -0.2) is 9.18 Å². The van der Waals surface area contributed by atoms with Gasteiger partial charge < -0.3 is 4.74 Å². The van der Waals surface area contributed by atoms with Gasteiger partial charge in [-0.15, -0.1) is 11.6 Å². The highest BCUT2D eigenvalue weighted by molar-refractivity contribution is 6.17. The van der Waals surface area contributed by atoms with Crippen molar-refractivity contribution in [3.05, 3.63) is 34.6 Å². The highest BCUT2D eigenvalue weighted by Crippen LogP contribution is 2.18. The second-order valence-electron chi connectivity index (χ2n) is 2.95. The lowest BCUT2D eigenvalue weighted by molar-refractivity contribution is 0.0525. The summed E-state index contributed by atoms with van der Waals surface area (Å²) >= 11 is 5.50. The van der Waals surface area contributed by atoms with Gasteiger partial charge in [-0.2, -0.15) is 5.26 Å². The first kappa shape index (κ1) is 12.5. The Balaban J connectivity index is 3.21. The predicted octanol–water partition coefficient (Wildman–Crippen LogP) is 2.61. The van der Waals surface area contributed by atoms with E-state index in [-0.39, 0.29) is 29.2 Å². The summed E-state index contributed by atoms with van der Waals surface area (Å²) in [6.07, 6.45) is 0. The molecule has 0 spiro atoms. The second-order valence-corrected chi connectivity index (χ2v) is 3.22. The fourth-order valence-corrected chi connectivity index (χ4v) is 1.48. The molecule has 3 nitrogen and oxygen atoms in total. The summed E-state index contributed by atoms with van der Waals surface area (Å²) in [6, 6.07) is 4.09. The summed E-state index contributed by atoms with van der Waals surface area (Å²) in [5.41, 5.74) is 0.167. The van der Waals surface area contributed by atoms with Crippen molar-refractivity contribution >= 4 is 17.6 Å². The highest BCUT2D eigenvalue weighted by atomic mass is 35.5. The number of rotatable bonds is 3. The van der Waals surface area contributed by atoms with Crippen molar-refractivity contribution in [1.29, 1.82) is 5.26 Å². The van der Waals surface area contributed by atoms with E-state index < -0.39 is 11.8 Å². The van der Waals surface area contributed by atoms with Crippen molar-refractivity contribution in [3.63, 3.8) is 0 Å². The van der Waals surface area contributed by atoms with E-state index in [1.54, 1.807) is 13.0 Å². The van der Waals surface area contributed by atoms with Gasteiger partial charge in [-0.1, -0.05) is 0 Å². The third-order valence-corrected chi connectivity index (χ3v) is 2.23. The molecule has 0 heterocycles. The van der Waals surface area contributed by atoms with Gasteiger partial charge in [0, 0.05) is 5.56 Å². The fraction of sp³-hybridized carbons (Fsp3) is 0.273. The molecular formula is C11H9ClFNO2. The molecule has 16 heavy (non-hydrogen) atoms. The van der Waals surface area contributed by atoms with Crippen LogP contribution in [0.25, 0.3) is 0 Å². The summed E-state index contributed by atoms with van der Waals surface area (Å²) in [6.45, 7) is 1.84. The molecule has 0 radical (unpaired) electrons. The van der Waals surface area contributed by atoms with E-state index in [0.717, 1.165) is 6.07 Å². The van der Waals surface area contributed by atoms with Crippen LogP contribution in [0.15, 0.2) is 12.1 Å². The Morgan fingerprint density at radius 3 is 2.81 bits per heavy atom. The van der Waals surface area contributed by atoms with Crippen molar-refractivity contribution in [3.8, 4) is 6.07 Å². The SMILES string of the molecule is CCOC(=O)c1cc(F)c(CCl)c(C#N)c1. The van der Waals surface area contributed by atoms with Crippen LogP contribution in [-0.2, 0) is 10.6 Å². The number of hydrogen-bond acceptors (Lipinski definition) is 3. The Kier molecular flexibility index (Phi) is 4.27. The van der Waals surface area contributed by atoms with Crippen molar-refractivity contribution in [2.45, 2.75) is 12.8 Å². The van der Waals surface area contributed by atoms with E-state index in [0.29, 0.717) is 0 Å². The number of nitriles is 1. The standard InChI is InChI=1S/C11H9ClFNO2/c1-2-16-11(15)7-3-8(6-14)9(5-12)10(13)4-7/h3-4H,2,5H2,1H3. The van der Waals surface area contributed by atoms with Crippen LogP contribution in [0, 0.1) is 17.1 Å². The normalized spacial score (nSPS) is 9.62. The maximum atomic E-state index is 13.5. The monoisotopic (exact) mass is 241 g/mol. The fourth-order valence-electron chi connectivity index (χ4n) is 1.20. The molecule has 1 aromatic rings. The number of hydrogen-bond donors (Lipinski definition) is 0. The number of ether oxygens (including phenoxy) is 1. The Morgan fingerprint density at radius 1 is 1.62 bits per heavy atom. The smallest absolute Gasteiger partial charge is 0.338 e. The average Bonchev–Trinajstić information content (AvgIpc) is 2.28. The van der Waals surface area contributed by atoms with Crippen molar-refractivity contribution in [2.75, 3.05) is 6.61 Å². The zero-order chi connectivity index (χ0) is 12.1. The van der Waals surface area contributed by atoms with Gasteiger partial charge in [-0.05, 0) is 19.1 Å². The van der Waals surface area contributed by atoms with Gasteiger partial charge in [0.2, 0.25) is 0 Å². The Morgan fingerprint density at radius 2 is 2.31 bits per heavy atom. The van der Waals surface area contributed by atoms with Gasteiger partial charge in [0.1, 0.15) is 5.82 Å². The van der Waals surface area contributed by atoms with Gasteiger partial charge in [0.25, 0.3) is 0 Å². The largest absolute Gasteiger partial charge is 0.462 e. The molecule has 0 bridgehead atoms. The quantitative estimate of drug-likeness (QED) is 0.604. The molecular weight excluding hydrogens is 233 g/mol. The first-order valence-electron chi connectivity index (χ1n) is 4.59. The lowest BCUT2D eigenvalue weighted by atomic mass is 10.1. The van der Waals surface area contributed by atoms with Crippen LogP contribution >= 0.6 is 11.6 Å². The third-order valence-electron chi connectivity index (χ3n) is 1.96. The maximum Gasteiger partial charge on any atom is 0.338 e. The Hall–Kier alpha value is -1.60. The predicted molar refractivity (Wildman–Crippen MR) is 56.6 cm³/mol. The molecule has 5 heteroatoms. The van der Waals surface area contributed by atoms with Crippen LogP contribution in [0.2, 0.25) is 0 Å². The molecule has 1 aromatic carbocycles. The van der Waals surface area contributed by atoms with Crippen molar-refractivity contribution in [2.24, 2.45) is 0 Å². The minimum Gasteiger partial charge on any atom is -0.462 e. The summed E-state index contributed by atoms with van der Waals surface area (Å²) in [5.74, 6) is -1.44. The number of carbonyl (C=O) groups excluding carboxylic acids is 1. The number of halogens is 2. The zero-order valence-electron chi connectivity index (χ0n) is 8.59. The summed E-state index contributed by atoms with van der Waals surface area (Å²) in [5, 5.41) is 8.78. The lowest BCUT2D eigenvalue weighted by Gasteiger charge is -2.06. The first-order chi connectivity index (χ1) is 7.63. The van der Waals surface area contributed by atoms with Gasteiger partial charge in [0.05, 0.1) is 29.7 Å². The van der Waals surface area contributed by atoms with E-state index in [9.17, 15) is 9.18 Å². The van der Waals surface area contributed by atoms with Crippen LogP contribution < -0.4 is 0 Å². The minimum atomic E-state index is -0.669. The zero-order valence-corrected chi connectivity index (χ0v) is 9.34. The molecule has 0 fully saturated rings. The third kappa shape index (κ3) is 2.50. The van der Waals surface area contributed by atoms with E-state index in [4.69, 9.17) is 21.6 Å². The molecule has 84 valence electrons. The molecule has 0 aliphatic carbocycles. The molecule has 0 saturated carbocycles. The number of benzene rings is 1. The van der Waals surface area contributed by atoms with Gasteiger partial charge in [0.15, 0.2) is 0 Å². The Bertz CT molecular complexity index is 454. The topological polar surface area (TPSA) is 50.1 Å². The summed E-state index contributed by atoms with van der Waals surface area (Å²) < 4.78 is 18.2. The summed E-state index contributed by atoms with van der Waals surface area (Å²) in [7, 11) is 0. The van der Waals surface area contributed by atoms with Crippen LogP contribution in [-0.4, -0.2) is 12.6 Å². The molecule has 0 atom stereocenters. The van der Waals surface area contributed by atoms with E-state index in [1.807, 2.05) is 0 Å². The van der Waals surface area contributed by atoms with Crippen LogP contribution in [0.1, 0.15) is 28.4 Å². The molecule has 0 amide bonds. The number of carbonyl (C=O) groups is 1. The van der Waals surface area contributed by atoms with Gasteiger partial charge >= 0.3 is 5.97 Å².